The maximum atomic E-state index is 9.80. The van der Waals surface area contributed by atoms with Crippen molar-refractivity contribution in [1.82, 2.24) is 0 Å². The number of aromatic hydroxyl groups is 1. The normalized spacial score (nSPS) is 28.7. The van der Waals surface area contributed by atoms with Gasteiger partial charge in [0.05, 0.1) is 6.17 Å². The second-order valence-corrected chi connectivity index (χ2v) is 4.54. The molecular weight excluding hydrogens is 188 g/mol. The third-order valence-corrected chi connectivity index (χ3v) is 3.63. The van der Waals surface area contributed by atoms with E-state index in [0.717, 1.165) is 24.1 Å². The van der Waals surface area contributed by atoms with E-state index in [1.54, 1.807) is 6.07 Å². The van der Waals surface area contributed by atoms with Gasteiger partial charge in [0, 0.05) is 17.3 Å². The number of rotatable bonds is 0. The van der Waals surface area contributed by atoms with Gasteiger partial charge in [-0.15, -0.1) is 0 Å². The monoisotopic (exact) mass is 204 g/mol. The lowest BCUT2D eigenvalue weighted by molar-refractivity contribution is 0.400. The number of nitrogens with two attached hydrogens (primary N) is 1. The minimum absolute atomic E-state index is 0.131. The first kappa shape index (κ1) is 9.04. The highest BCUT2D eigenvalue weighted by atomic mass is 16.3. The minimum atomic E-state index is 0.131. The molecule has 3 heteroatoms. The van der Waals surface area contributed by atoms with E-state index in [4.69, 9.17) is 5.73 Å². The van der Waals surface area contributed by atoms with Crippen molar-refractivity contribution >= 4 is 5.69 Å². The van der Waals surface area contributed by atoms with Crippen LogP contribution >= 0.6 is 0 Å². The molecule has 1 saturated heterocycles. The van der Waals surface area contributed by atoms with Crippen LogP contribution in [-0.4, -0.2) is 17.3 Å². The van der Waals surface area contributed by atoms with Crippen molar-refractivity contribution < 1.29 is 5.11 Å². The highest BCUT2D eigenvalue weighted by molar-refractivity contribution is 5.64. The van der Waals surface area contributed by atoms with E-state index in [1.807, 2.05) is 6.07 Å². The average Bonchev–Trinajstić information content (AvgIpc) is 2.59. The first-order chi connectivity index (χ1) is 7.27. The van der Waals surface area contributed by atoms with Gasteiger partial charge in [-0.3, -0.25) is 0 Å². The van der Waals surface area contributed by atoms with E-state index in [-0.39, 0.29) is 6.17 Å². The van der Waals surface area contributed by atoms with Crippen LogP contribution in [0.1, 0.15) is 24.8 Å². The summed E-state index contributed by atoms with van der Waals surface area (Å²) in [4.78, 5) is 2.29. The standard InChI is InChI=1S/C12H16N2O/c13-12-6-1-3-8-7-9-10(14(8)12)4-2-5-11(9)15/h2,4-5,8,12,15H,1,3,6-7,13H2. The number of piperidine rings is 1. The van der Waals surface area contributed by atoms with Gasteiger partial charge in [0.2, 0.25) is 0 Å². The van der Waals surface area contributed by atoms with Crippen LogP contribution in [0.5, 0.6) is 5.75 Å². The molecule has 3 nitrogen and oxygen atoms in total. The van der Waals surface area contributed by atoms with Gasteiger partial charge in [-0.05, 0) is 37.8 Å². The summed E-state index contributed by atoms with van der Waals surface area (Å²) in [5.41, 5.74) is 8.36. The van der Waals surface area contributed by atoms with E-state index < -0.39 is 0 Å². The van der Waals surface area contributed by atoms with Gasteiger partial charge in [-0.2, -0.15) is 0 Å². The molecule has 2 heterocycles. The number of anilines is 1. The number of benzene rings is 1. The van der Waals surface area contributed by atoms with E-state index in [0.29, 0.717) is 11.8 Å². The summed E-state index contributed by atoms with van der Waals surface area (Å²) in [6.07, 6.45) is 4.55. The van der Waals surface area contributed by atoms with Gasteiger partial charge in [0.1, 0.15) is 5.75 Å². The number of nitrogens with zero attached hydrogens (tertiary/aromatic N) is 1. The molecule has 2 aliphatic heterocycles. The zero-order valence-electron chi connectivity index (χ0n) is 8.69. The van der Waals surface area contributed by atoms with Gasteiger partial charge in [0.25, 0.3) is 0 Å². The Kier molecular flexibility index (Phi) is 1.89. The number of hydrogen-bond donors (Lipinski definition) is 2. The smallest absolute Gasteiger partial charge is 0.120 e. The molecule has 0 aliphatic carbocycles. The summed E-state index contributed by atoms with van der Waals surface area (Å²) in [5.74, 6) is 0.425. The van der Waals surface area contributed by atoms with Gasteiger partial charge >= 0.3 is 0 Å². The van der Waals surface area contributed by atoms with Crippen LogP contribution in [0.15, 0.2) is 18.2 Å². The molecule has 3 N–H and O–H groups in total. The molecule has 0 saturated carbocycles. The number of phenolic OH excluding ortho intramolecular Hbond substituents is 1. The molecule has 2 aliphatic rings. The molecule has 1 aromatic rings. The highest BCUT2D eigenvalue weighted by Gasteiger charge is 2.36. The third-order valence-electron chi connectivity index (χ3n) is 3.63. The molecule has 0 radical (unpaired) electrons. The summed E-state index contributed by atoms with van der Waals surface area (Å²) in [6, 6.07) is 6.25. The Labute approximate surface area is 89.5 Å². The van der Waals surface area contributed by atoms with Crippen molar-refractivity contribution in [1.29, 1.82) is 0 Å². The Bertz CT molecular complexity index is 391. The van der Waals surface area contributed by atoms with Crippen LogP contribution < -0.4 is 10.6 Å². The maximum Gasteiger partial charge on any atom is 0.120 e. The quantitative estimate of drug-likeness (QED) is 0.674. The lowest BCUT2D eigenvalue weighted by atomic mass is 9.99. The summed E-state index contributed by atoms with van der Waals surface area (Å²) < 4.78 is 0. The number of fused-ring (bicyclic) bond motifs is 3. The molecule has 0 aromatic heterocycles. The van der Waals surface area contributed by atoms with E-state index in [9.17, 15) is 5.11 Å². The fourth-order valence-corrected chi connectivity index (χ4v) is 2.94. The van der Waals surface area contributed by atoms with Crippen LogP contribution in [0.25, 0.3) is 0 Å². The molecule has 0 spiro atoms. The first-order valence-corrected chi connectivity index (χ1v) is 5.62. The van der Waals surface area contributed by atoms with Crippen molar-refractivity contribution in [3.8, 4) is 5.75 Å². The Morgan fingerprint density at radius 1 is 1.33 bits per heavy atom. The Hall–Kier alpha value is -1.22. The van der Waals surface area contributed by atoms with Crippen LogP contribution in [0.2, 0.25) is 0 Å². The van der Waals surface area contributed by atoms with Gasteiger partial charge in [0.15, 0.2) is 0 Å². The molecule has 2 atom stereocenters. The van der Waals surface area contributed by atoms with Crippen molar-refractivity contribution in [2.75, 3.05) is 4.90 Å². The van der Waals surface area contributed by atoms with Crippen LogP contribution in [-0.2, 0) is 6.42 Å². The minimum Gasteiger partial charge on any atom is -0.508 e. The molecule has 1 fully saturated rings. The fourth-order valence-electron chi connectivity index (χ4n) is 2.94. The van der Waals surface area contributed by atoms with E-state index >= 15 is 0 Å². The van der Waals surface area contributed by atoms with Gasteiger partial charge in [-0.1, -0.05) is 6.07 Å². The van der Waals surface area contributed by atoms with Gasteiger partial charge < -0.3 is 15.7 Å². The molecule has 0 bridgehead atoms. The maximum absolute atomic E-state index is 9.80. The predicted molar refractivity (Wildman–Crippen MR) is 59.9 cm³/mol. The fraction of sp³-hybridized carbons (Fsp3) is 0.500. The molecular formula is C12H16N2O. The zero-order chi connectivity index (χ0) is 10.4. The topological polar surface area (TPSA) is 49.5 Å². The van der Waals surface area contributed by atoms with Gasteiger partial charge in [-0.25, -0.2) is 0 Å². The van der Waals surface area contributed by atoms with Crippen molar-refractivity contribution in [2.24, 2.45) is 5.73 Å². The predicted octanol–water partition coefficient (Wildman–Crippen LogP) is 1.59. The van der Waals surface area contributed by atoms with E-state index in [2.05, 4.69) is 11.0 Å². The summed E-state index contributed by atoms with van der Waals surface area (Å²) in [7, 11) is 0. The molecule has 0 amide bonds. The molecule has 3 rings (SSSR count). The Morgan fingerprint density at radius 3 is 3.07 bits per heavy atom. The Balaban J connectivity index is 2.07. The SMILES string of the molecule is NC1CCCC2Cc3c(O)cccc3N12. The largest absolute Gasteiger partial charge is 0.508 e. The lowest BCUT2D eigenvalue weighted by Crippen LogP contribution is -2.49. The lowest BCUT2D eigenvalue weighted by Gasteiger charge is -2.37. The molecule has 15 heavy (non-hydrogen) atoms. The number of hydrogen-bond acceptors (Lipinski definition) is 3. The summed E-state index contributed by atoms with van der Waals surface area (Å²) in [6.45, 7) is 0. The molecule has 2 unspecified atom stereocenters. The zero-order valence-corrected chi connectivity index (χ0v) is 8.69. The second-order valence-electron chi connectivity index (χ2n) is 4.54. The van der Waals surface area contributed by atoms with E-state index in [1.165, 1.54) is 12.8 Å². The first-order valence-electron chi connectivity index (χ1n) is 5.62. The molecule has 1 aromatic carbocycles. The summed E-state index contributed by atoms with van der Waals surface area (Å²) >= 11 is 0. The van der Waals surface area contributed by atoms with Crippen molar-refractivity contribution in [3.05, 3.63) is 23.8 Å². The van der Waals surface area contributed by atoms with Crippen LogP contribution in [0, 0.1) is 0 Å². The third kappa shape index (κ3) is 1.23. The second kappa shape index (κ2) is 3.14. The van der Waals surface area contributed by atoms with Crippen LogP contribution in [0.4, 0.5) is 5.69 Å². The summed E-state index contributed by atoms with van der Waals surface area (Å²) in [5, 5.41) is 9.80. The highest BCUT2D eigenvalue weighted by Crippen LogP contribution is 2.41. The molecule has 80 valence electrons. The van der Waals surface area contributed by atoms with Crippen molar-refractivity contribution in [2.45, 2.75) is 37.9 Å². The number of phenols is 1. The van der Waals surface area contributed by atoms with Crippen molar-refractivity contribution in [3.63, 3.8) is 0 Å². The average molecular weight is 204 g/mol. The van der Waals surface area contributed by atoms with Crippen LogP contribution in [0.3, 0.4) is 0 Å². The Morgan fingerprint density at radius 2 is 2.20 bits per heavy atom.